The summed E-state index contributed by atoms with van der Waals surface area (Å²) < 4.78 is 37.4. The van der Waals surface area contributed by atoms with Crippen LogP contribution < -0.4 is 5.32 Å². The summed E-state index contributed by atoms with van der Waals surface area (Å²) in [6.45, 7) is 0.654. The molecule has 1 N–H and O–H groups in total. The zero-order valence-corrected chi connectivity index (χ0v) is 12.0. The van der Waals surface area contributed by atoms with E-state index in [9.17, 15) is 22.8 Å². The normalized spacial score (nSPS) is 15.2. The molecule has 2 heterocycles. The fraction of sp³-hybridized carbons (Fsp3) is 0.364. The molecular weight excluding hydrogens is 331 g/mol. The lowest BCUT2D eigenvalue weighted by Gasteiger charge is -2.12. The van der Waals surface area contributed by atoms with Crippen LogP contribution in [0.25, 0.3) is 0 Å². The summed E-state index contributed by atoms with van der Waals surface area (Å²) in [6, 6.07) is 0.274. The highest BCUT2D eigenvalue weighted by Gasteiger charge is 2.32. The van der Waals surface area contributed by atoms with E-state index in [1.165, 1.54) is 0 Å². The summed E-state index contributed by atoms with van der Waals surface area (Å²) in [5.41, 5.74) is -0.956. The molecule has 1 aliphatic rings. The molecule has 1 saturated heterocycles. The zero-order valence-electron chi connectivity index (χ0n) is 10.4. The lowest BCUT2D eigenvalue weighted by Crippen LogP contribution is -2.35. The Labute approximate surface area is 126 Å². The van der Waals surface area contributed by atoms with Crippen molar-refractivity contribution in [3.05, 3.63) is 22.8 Å². The van der Waals surface area contributed by atoms with Crippen LogP contribution >= 0.6 is 23.4 Å². The standard InChI is InChI=1S/C11H9ClF3N3O2S/c12-7-3-6(11(13,14)15)4-17-9(7)21-5-8(19)18-2-1-16-10(18)20/h3-4H,1-2,5H2,(H,16,20). The Bertz CT molecular complexity index is 582. The van der Waals surface area contributed by atoms with Crippen LogP contribution in [-0.4, -0.2) is 40.7 Å². The van der Waals surface area contributed by atoms with Crippen LogP contribution in [-0.2, 0) is 11.0 Å². The predicted molar refractivity (Wildman–Crippen MR) is 70.1 cm³/mol. The van der Waals surface area contributed by atoms with E-state index in [4.69, 9.17) is 11.6 Å². The molecule has 0 spiro atoms. The second kappa shape index (κ2) is 6.10. The fourth-order valence-electron chi connectivity index (χ4n) is 1.60. The maximum absolute atomic E-state index is 12.5. The third kappa shape index (κ3) is 3.79. The third-order valence-electron chi connectivity index (χ3n) is 2.62. The Morgan fingerprint density at radius 1 is 1.52 bits per heavy atom. The molecule has 0 aromatic carbocycles. The first-order valence-corrected chi connectivity index (χ1v) is 7.09. The van der Waals surface area contributed by atoms with Crippen molar-refractivity contribution in [3.8, 4) is 0 Å². The molecule has 0 atom stereocenters. The van der Waals surface area contributed by atoms with Crippen molar-refractivity contribution in [2.24, 2.45) is 0 Å². The summed E-state index contributed by atoms with van der Waals surface area (Å²) in [5, 5.41) is 2.40. The first-order valence-electron chi connectivity index (χ1n) is 5.73. The van der Waals surface area contributed by atoms with Crippen molar-refractivity contribution in [1.29, 1.82) is 0 Å². The molecular formula is C11H9ClF3N3O2S. The topological polar surface area (TPSA) is 62.3 Å². The number of carbonyl (C=O) groups excluding carboxylic acids is 2. The second-order valence-corrected chi connectivity index (χ2v) is 5.45. The van der Waals surface area contributed by atoms with E-state index in [0.717, 1.165) is 22.7 Å². The monoisotopic (exact) mass is 339 g/mol. The minimum atomic E-state index is -4.52. The molecule has 1 aliphatic heterocycles. The van der Waals surface area contributed by atoms with Crippen LogP contribution in [0.4, 0.5) is 18.0 Å². The Kier molecular flexibility index (Phi) is 4.62. The number of hydrogen-bond acceptors (Lipinski definition) is 4. The number of rotatable bonds is 3. The Balaban J connectivity index is 2.00. The third-order valence-corrected chi connectivity index (χ3v) is 4.02. The number of aromatic nitrogens is 1. The number of imide groups is 1. The van der Waals surface area contributed by atoms with Gasteiger partial charge in [-0.2, -0.15) is 13.2 Å². The van der Waals surface area contributed by atoms with E-state index in [1.54, 1.807) is 0 Å². The van der Waals surface area contributed by atoms with Crippen LogP contribution in [0.5, 0.6) is 0 Å². The highest BCUT2D eigenvalue weighted by atomic mass is 35.5. The number of hydrogen-bond donors (Lipinski definition) is 1. The van der Waals surface area contributed by atoms with E-state index in [-0.39, 0.29) is 22.3 Å². The van der Waals surface area contributed by atoms with Gasteiger partial charge in [0.25, 0.3) is 0 Å². The van der Waals surface area contributed by atoms with Crippen molar-refractivity contribution in [1.82, 2.24) is 15.2 Å². The highest BCUT2D eigenvalue weighted by Crippen LogP contribution is 2.33. The van der Waals surface area contributed by atoms with Gasteiger partial charge >= 0.3 is 12.2 Å². The maximum Gasteiger partial charge on any atom is 0.417 e. The Hall–Kier alpha value is -1.48. The quantitative estimate of drug-likeness (QED) is 0.859. The molecule has 1 fully saturated rings. The van der Waals surface area contributed by atoms with Gasteiger partial charge in [-0.1, -0.05) is 23.4 Å². The molecule has 3 amide bonds. The summed E-state index contributed by atoms with van der Waals surface area (Å²) in [5.74, 6) is -0.585. The molecule has 0 bridgehead atoms. The molecule has 2 rings (SSSR count). The van der Waals surface area contributed by atoms with E-state index in [1.807, 2.05) is 0 Å². The lowest BCUT2D eigenvalue weighted by atomic mass is 10.3. The number of halogens is 4. The molecule has 10 heteroatoms. The predicted octanol–water partition coefficient (Wildman–Crippen LogP) is 2.40. The lowest BCUT2D eigenvalue weighted by molar-refractivity contribution is -0.137. The van der Waals surface area contributed by atoms with E-state index in [2.05, 4.69) is 10.3 Å². The number of thioether (sulfide) groups is 1. The number of pyridine rings is 1. The molecule has 0 unspecified atom stereocenters. The number of carbonyl (C=O) groups is 2. The average molecular weight is 340 g/mol. The number of nitrogens with zero attached hydrogens (tertiary/aromatic N) is 2. The van der Waals surface area contributed by atoms with Gasteiger partial charge in [-0.3, -0.25) is 9.69 Å². The molecule has 0 aliphatic carbocycles. The van der Waals surface area contributed by atoms with Gasteiger partial charge in [0, 0.05) is 19.3 Å². The highest BCUT2D eigenvalue weighted by molar-refractivity contribution is 8.00. The average Bonchev–Trinajstić information content (AvgIpc) is 2.82. The Morgan fingerprint density at radius 3 is 2.76 bits per heavy atom. The molecule has 0 saturated carbocycles. The minimum absolute atomic E-state index is 0.109. The first-order chi connectivity index (χ1) is 9.79. The molecule has 5 nitrogen and oxygen atoms in total. The van der Waals surface area contributed by atoms with Gasteiger partial charge in [0.2, 0.25) is 5.91 Å². The maximum atomic E-state index is 12.5. The molecule has 21 heavy (non-hydrogen) atoms. The van der Waals surface area contributed by atoms with Crippen molar-refractivity contribution < 1.29 is 22.8 Å². The summed E-state index contributed by atoms with van der Waals surface area (Å²) in [6.07, 6.45) is -3.87. The first kappa shape index (κ1) is 15.9. The van der Waals surface area contributed by atoms with E-state index in [0.29, 0.717) is 12.7 Å². The summed E-state index contributed by atoms with van der Waals surface area (Å²) >= 11 is 6.60. The fourth-order valence-corrected chi connectivity index (χ4v) is 2.67. The van der Waals surface area contributed by atoms with Gasteiger partial charge in [-0.25, -0.2) is 9.78 Å². The van der Waals surface area contributed by atoms with Gasteiger partial charge in [0.15, 0.2) is 0 Å². The second-order valence-electron chi connectivity index (χ2n) is 4.07. The summed E-state index contributed by atoms with van der Waals surface area (Å²) in [4.78, 5) is 27.7. The van der Waals surface area contributed by atoms with Crippen molar-refractivity contribution in [2.45, 2.75) is 11.2 Å². The Morgan fingerprint density at radius 2 is 2.24 bits per heavy atom. The van der Waals surface area contributed by atoms with Crippen molar-refractivity contribution >= 4 is 35.3 Å². The van der Waals surface area contributed by atoms with Gasteiger partial charge in [-0.05, 0) is 6.07 Å². The van der Waals surface area contributed by atoms with Gasteiger partial charge in [0.05, 0.1) is 16.3 Å². The molecule has 114 valence electrons. The minimum Gasteiger partial charge on any atom is -0.336 e. The zero-order chi connectivity index (χ0) is 15.6. The van der Waals surface area contributed by atoms with Crippen LogP contribution in [0.15, 0.2) is 17.3 Å². The number of urea groups is 1. The summed E-state index contributed by atoms with van der Waals surface area (Å²) in [7, 11) is 0. The number of nitrogens with one attached hydrogen (secondary N) is 1. The van der Waals surface area contributed by atoms with Gasteiger partial charge in [-0.15, -0.1) is 0 Å². The van der Waals surface area contributed by atoms with Crippen LogP contribution in [0.1, 0.15) is 5.56 Å². The molecule has 1 aromatic heterocycles. The van der Waals surface area contributed by atoms with Crippen molar-refractivity contribution in [2.75, 3.05) is 18.8 Å². The SMILES string of the molecule is O=C(CSc1ncc(C(F)(F)F)cc1Cl)N1CCNC1=O. The van der Waals surface area contributed by atoms with E-state index >= 15 is 0 Å². The van der Waals surface area contributed by atoms with E-state index < -0.39 is 23.7 Å². The van der Waals surface area contributed by atoms with Crippen LogP contribution in [0.3, 0.4) is 0 Å². The van der Waals surface area contributed by atoms with Crippen LogP contribution in [0.2, 0.25) is 5.02 Å². The van der Waals surface area contributed by atoms with Crippen LogP contribution in [0, 0.1) is 0 Å². The largest absolute Gasteiger partial charge is 0.417 e. The van der Waals surface area contributed by atoms with Gasteiger partial charge < -0.3 is 5.32 Å². The molecule has 0 radical (unpaired) electrons. The van der Waals surface area contributed by atoms with Gasteiger partial charge in [0.1, 0.15) is 5.03 Å². The number of alkyl halides is 3. The van der Waals surface area contributed by atoms with Crippen molar-refractivity contribution in [3.63, 3.8) is 0 Å². The smallest absolute Gasteiger partial charge is 0.336 e. The molecule has 1 aromatic rings. The number of amides is 3.